The van der Waals surface area contributed by atoms with Gasteiger partial charge in [-0.05, 0) is 49.2 Å². The van der Waals surface area contributed by atoms with Gasteiger partial charge in [-0.15, -0.1) is 0 Å². The lowest BCUT2D eigenvalue weighted by Crippen LogP contribution is -2.29. The molecule has 1 aromatic carbocycles. The number of aryl methyl sites for hydroxylation is 1. The number of fused-ring (bicyclic) bond motifs is 1. The molecule has 0 aliphatic carbocycles. The van der Waals surface area contributed by atoms with E-state index in [1.807, 2.05) is 0 Å². The van der Waals surface area contributed by atoms with Crippen LogP contribution in [-0.4, -0.2) is 53.2 Å². The van der Waals surface area contributed by atoms with Crippen LogP contribution in [0.3, 0.4) is 0 Å². The van der Waals surface area contributed by atoms with Gasteiger partial charge in [-0.3, -0.25) is 4.57 Å². The van der Waals surface area contributed by atoms with Gasteiger partial charge >= 0.3 is 12.3 Å². The number of alkyl halides is 2. The summed E-state index contributed by atoms with van der Waals surface area (Å²) >= 11 is 0. The summed E-state index contributed by atoms with van der Waals surface area (Å²) in [6.07, 6.45) is 2.51. The molecule has 0 saturated carbocycles. The summed E-state index contributed by atoms with van der Waals surface area (Å²) in [5.41, 5.74) is 1.89. The lowest BCUT2D eigenvalue weighted by atomic mass is 10.0. The maximum Gasteiger partial charge on any atom is 0.387 e. The Morgan fingerprint density at radius 3 is 2.46 bits per heavy atom. The standard InChI is InChI=1S/C24H23F3N4O5S/c1-4-35-22-19(36-23(26)27)10-9-17(29-22)18(12-37(3,33)34)31-21-20(30-24(31)32)13(2)16(11-28-21)14-5-7-15(25)8-6-14/h5-11,18,23H,4,12H2,1-3H3,(H,30,32)/t18-/m1/s1. The molecule has 196 valence electrons. The van der Waals surface area contributed by atoms with Gasteiger partial charge in [0.2, 0.25) is 0 Å². The van der Waals surface area contributed by atoms with Crippen LogP contribution in [0.5, 0.6) is 11.6 Å². The fraction of sp³-hybridized carbons (Fsp3) is 0.292. The van der Waals surface area contributed by atoms with Gasteiger partial charge in [0.15, 0.2) is 11.4 Å². The first kappa shape index (κ1) is 26.2. The van der Waals surface area contributed by atoms with E-state index in [0.29, 0.717) is 22.2 Å². The summed E-state index contributed by atoms with van der Waals surface area (Å²) in [6.45, 7) is 0.310. The van der Waals surface area contributed by atoms with Gasteiger partial charge in [-0.2, -0.15) is 8.78 Å². The molecule has 3 heterocycles. The summed E-state index contributed by atoms with van der Waals surface area (Å²) in [4.78, 5) is 24.5. The van der Waals surface area contributed by atoms with Crippen LogP contribution in [0, 0.1) is 12.7 Å². The Balaban J connectivity index is 1.89. The summed E-state index contributed by atoms with van der Waals surface area (Å²) < 4.78 is 74.7. The highest BCUT2D eigenvalue weighted by atomic mass is 32.2. The average molecular weight is 537 g/mol. The minimum Gasteiger partial charge on any atom is -0.475 e. The maximum absolute atomic E-state index is 13.4. The van der Waals surface area contributed by atoms with Crippen LogP contribution in [-0.2, 0) is 9.84 Å². The van der Waals surface area contributed by atoms with E-state index in [-0.39, 0.29) is 29.6 Å². The molecule has 4 rings (SSSR count). The van der Waals surface area contributed by atoms with Crippen LogP contribution in [0.15, 0.2) is 47.4 Å². The maximum atomic E-state index is 13.4. The second-order valence-electron chi connectivity index (χ2n) is 8.26. The number of sulfone groups is 1. The summed E-state index contributed by atoms with van der Waals surface area (Å²) in [5, 5.41) is 0. The van der Waals surface area contributed by atoms with Crippen molar-refractivity contribution in [3.63, 3.8) is 0 Å². The smallest absolute Gasteiger partial charge is 0.387 e. The Bertz CT molecular complexity index is 1600. The van der Waals surface area contributed by atoms with Gasteiger partial charge in [0.25, 0.3) is 5.88 Å². The van der Waals surface area contributed by atoms with Crippen molar-refractivity contribution in [2.75, 3.05) is 18.6 Å². The SMILES string of the molecule is CCOc1nc([C@@H](CS(C)(=O)=O)n2c(=O)[nH]c3c(C)c(-c4ccc(F)cc4)cnc32)ccc1OC(F)F. The number of benzene rings is 1. The molecule has 0 spiro atoms. The number of hydrogen-bond donors (Lipinski definition) is 1. The molecular weight excluding hydrogens is 513 g/mol. The highest BCUT2D eigenvalue weighted by molar-refractivity contribution is 7.90. The second kappa shape index (κ2) is 10.2. The van der Waals surface area contributed by atoms with Crippen LogP contribution in [0.1, 0.15) is 24.2 Å². The third kappa shape index (κ3) is 5.61. The van der Waals surface area contributed by atoms with E-state index in [9.17, 15) is 26.4 Å². The predicted octanol–water partition coefficient (Wildman–Crippen LogP) is 3.87. The molecule has 37 heavy (non-hydrogen) atoms. The van der Waals surface area contributed by atoms with Crippen molar-refractivity contribution in [3.05, 3.63) is 70.2 Å². The van der Waals surface area contributed by atoms with E-state index in [2.05, 4.69) is 19.7 Å². The number of aromatic nitrogens is 4. The topological polar surface area (TPSA) is 116 Å². The lowest BCUT2D eigenvalue weighted by molar-refractivity contribution is -0.0518. The fourth-order valence-corrected chi connectivity index (χ4v) is 4.92. The molecule has 0 amide bonds. The monoisotopic (exact) mass is 536 g/mol. The molecule has 1 N–H and O–H groups in total. The van der Waals surface area contributed by atoms with Gasteiger partial charge in [-0.1, -0.05) is 12.1 Å². The van der Waals surface area contributed by atoms with Gasteiger partial charge in [0.05, 0.1) is 29.6 Å². The van der Waals surface area contributed by atoms with Crippen molar-refractivity contribution in [2.45, 2.75) is 26.5 Å². The normalized spacial score (nSPS) is 12.7. The van der Waals surface area contributed by atoms with Crippen LogP contribution in [0.25, 0.3) is 22.3 Å². The fourth-order valence-electron chi connectivity index (χ4n) is 4.03. The van der Waals surface area contributed by atoms with Crippen molar-refractivity contribution >= 4 is 21.0 Å². The quantitative estimate of drug-likeness (QED) is 0.345. The van der Waals surface area contributed by atoms with Gasteiger partial charge in [0.1, 0.15) is 15.7 Å². The molecular formula is C24H23F3N4O5S. The highest BCUT2D eigenvalue weighted by Crippen LogP contribution is 2.32. The first-order chi connectivity index (χ1) is 17.5. The number of imidazole rings is 1. The number of hydrogen-bond acceptors (Lipinski definition) is 7. The first-order valence-electron chi connectivity index (χ1n) is 11.1. The molecule has 0 aliphatic heterocycles. The summed E-state index contributed by atoms with van der Waals surface area (Å²) in [6, 6.07) is 7.07. The number of aromatic amines is 1. The molecule has 9 nitrogen and oxygen atoms in total. The zero-order valence-corrected chi connectivity index (χ0v) is 20.9. The molecule has 13 heteroatoms. The molecule has 0 bridgehead atoms. The molecule has 0 saturated heterocycles. The Hall–Kier alpha value is -3.87. The lowest BCUT2D eigenvalue weighted by Gasteiger charge is -2.19. The Labute approximate surface area is 209 Å². The Morgan fingerprint density at radius 1 is 1.14 bits per heavy atom. The van der Waals surface area contributed by atoms with Crippen LogP contribution in [0.2, 0.25) is 0 Å². The summed E-state index contributed by atoms with van der Waals surface area (Å²) in [7, 11) is -3.67. The third-order valence-electron chi connectivity index (χ3n) is 5.61. The minimum atomic E-state index is -3.67. The number of rotatable bonds is 9. The van der Waals surface area contributed by atoms with Crippen LogP contribution >= 0.6 is 0 Å². The number of ether oxygens (including phenoxy) is 2. The van der Waals surface area contributed by atoms with Gasteiger partial charge in [-0.25, -0.2) is 27.6 Å². The second-order valence-corrected chi connectivity index (χ2v) is 10.4. The molecule has 4 aromatic rings. The molecule has 0 aliphatic rings. The number of H-pyrrole nitrogens is 1. The van der Waals surface area contributed by atoms with Gasteiger partial charge < -0.3 is 14.5 Å². The van der Waals surface area contributed by atoms with Crippen molar-refractivity contribution in [2.24, 2.45) is 0 Å². The van der Waals surface area contributed by atoms with E-state index in [4.69, 9.17) is 4.74 Å². The zero-order valence-electron chi connectivity index (χ0n) is 20.0. The van der Waals surface area contributed by atoms with E-state index >= 15 is 0 Å². The van der Waals surface area contributed by atoms with Crippen LogP contribution in [0.4, 0.5) is 13.2 Å². The largest absolute Gasteiger partial charge is 0.475 e. The average Bonchev–Trinajstić information content (AvgIpc) is 3.15. The number of pyridine rings is 2. The number of nitrogens with zero attached hydrogens (tertiary/aromatic N) is 3. The molecule has 0 fully saturated rings. The molecule has 3 aromatic heterocycles. The van der Waals surface area contributed by atoms with Crippen molar-refractivity contribution < 1.29 is 31.1 Å². The number of halogens is 3. The highest BCUT2D eigenvalue weighted by Gasteiger charge is 2.28. The zero-order chi connectivity index (χ0) is 26.9. The Kier molecular flexibility index (Phi) is 7.25. The Morgan fingerprint density at radius 2 is 1.84 bits per heavy atom. The van der Waals surface area contributed by atoms with Crippen molar-refractivity contribution in [1.29, 1.82) is 0 Å². The van der Waals surface area contributed by atoms with Gasteiger partial charge in [0, 0.05) is 18.0 Å². The third-order valence-corrected chi connectivity index (χ3v) is 6.53. The first-order valence-corrected chi connectivity index (χ1v) is 13.2. The van der Waals surface area contributed by atoms with E-state index in [1.165, 1.54) is 30.5 Å². The van der Waals surface area contributed by atoms with E-state index in [1.54, 1.807) is 26.0 Å². The molecule has 0 unspecified atom stereocenters. The molecule has 0 radical (unpaired) electrons. The number of nitrogens with one attached hydrogen (secondary N) is 1. The molecule has 1 atom stereocenters. The van der Waals surface area contributed by atoms with E-state index < -0.39 is 39.8 Å². The minimum absolute atomic E-state index is 0.0700. The van der Waals surface area contributed by atoms with E-state index in [0.717, 1.165) is 10.8 Å². The van der Waals surface area contributed by atoms with Crippen LogP contribution < -0.4 is 15.2 Å². The summed E-state index contributed by atoms with van der Waals surface area (Å²) in [5.74, 6) is -1.53. The predicted molar refractivity (Wildman–Crippen MR) is 130 cm³/mol. The van der Waals surface area contributed by atoms with Crippen molar-refractivity contribution in [1.82, 2.24) is 19.5 Å². The van der Waals surface area contributed by atoms with Crippen molar-refractivity contribution in [3.8, 4) is 22.8 Å².